The fourth-order valence-corrected chi connectivity index (χ4v) is 5.76. The summed E-state index contributed by atoms with van der Waals surface area (Å²) < 4.78 is 54.9. The van der Waals surface area contributed by atoms with E-state index < -0.39 is 59.9 Å². The minimum absolute atomic E-state index is 0.109. The summed E-state index contributed by atoms with van der Waals surface area (Å²) in [5.41, 5.74) is -0.911. The maximum atomic E-state index is 14.8. The van der Waals surface area contributed by atoms with Crippen molar-refractivity contribution < 1.29 is 37.0 Å². The number of aromatic nitrogens is 3. The number of likely N-dealkylation sites (tertiary alicyclic amines) is 1. The lowest BCUT2D eigenvalue weighted by Gasteiger charge is -2.42. The van der Waals surface area contributed by atoms with Crippen LogP contribution in [0.25, 0.3) is 11.0 Å². The molecule has 0 bridgehead atoms. The molecule has 1 N–H and O–H groups in total. The predicted molar refractivity (Wildman–Crippen MR) is 151 cm³/mol. The van der Waals surface area contributed by atoms with Gasteiger partial charge in [0.15, 0.2) is 0 Å². The van der Waals surface area contributed by atoms with Gasteiger partial charge in [-0.2, -0.15) is 9.78 Å². The topological polar surface area (TPSA) is 116 Å². The summed E-state index contributed by atoms with van der Waals surface area (Å²) in [5.74, 6) is -3.49. The van der Waals surface area contributed by atoms with Crippen LogP contribution in [0.15, 0.2) is 42.6 Å². The highest BCUT2D eigenvalue weighted by atomic mass is 19.3. The molecule has 0 radical (unpaired) electrons. The number of hydrogen-bond donors (Lipinski definition) is 1. The van der Waals surface area contributed by atoms with Gasteiger partial charge >= 0.3 is 6.09 Å². The normalized spacial score (nSPS) is 21.4. The van der Waals surface area contributed by atoms with E-state index in [-0.39, 0.29) is 31.6 Å². The molecule has 43 heavy (non-hydrogen) atoms. The number of nitrogens with one attached hydrogen (secondary N) is 1. The Bertz CT molecular complexity index is 1530. The third-order valence-corrected chi connectivity index (χ3v) is 7.94. The Morgan fingerprint density at radius 3 is 2.33 bits per heavy atom. The van der Waals surface area contributed by atoms with Gasteiger partial charge < -0.3 is 19.7 Å². The summed E-state index contributed by atoms with van der Waals surface area (Å²) >= 11 is 0. The summed E-state index contributed by atoms with van der Waals surface area (Å²) in [6, 6.07) is 8.43. The Balaban J connectivity index is 1.38. The van der Waals surface area contributed by atoms with Crippen molar-refractivity contribution in [3.63, 3.8) is 0 Å². The number of carbonyl (C=O) groups is 3. The highest BCUT2D eigenvalue weighted by Gasteiger charge is 2.53. The average Bonchev–Trinajstić information content (AvgIpc) is 3.55. The van der Waals surface area contributed by atoms with E-state index in [9.17, 15) is 27.6 Å². The molecule has 2 fully saturated rings. The summed E-state index contributed by atoms with van der Waals surface area (Å²) in [6.07, 6.45) is -2.37. The first-order chi connectivity index (χ1) is 20.2. The SMILES string of the molecule is COc1ccc(C2(C(=O)N3C[C@H](F)C[C@@H]3C(=O)Nc3ccc4c(cnn4C(=O)OC(C)(C)C)n3)CCC(F)(F)CC2)cc1. The number of fused-ring (bicyclic) bond motifs is 1. The van der Waals surface area contributed by atoms with Crippen molar-refractivity contribution in [3.8, 4) is 5.75 Å². The maximum Gasteiger partial charge on any atom is 0.435 e. The summed E-state index contributed by atoms with van der Waals surface area (Å²) in [6.45, 7) is 4.85. The number of amides is 2. The fraction of sp³-hybridized carbons (Fsp3) is 0.500. The molecule has 3 heterocycles. The summed E-state index contributed by atoms with van der Waals surface area (Å²) in [7, 11) is 1.49. The molecule has 2 atom stereocenters. The number of rotatable bonds is 5. The molecule has 5 rings (SSSR count). The zero-order valence-electron chi connectivity index (χ0n) is 24.4. The van der Waals surface area contributed by atoms with Gasteiger partial charge in [-0.15, -0.1) is 0 Å². The lowest BCUT2D eigenvalue weighted by atomic mass is 9.67. The highest BCUT2D eigenvalue weighted by molar-refractivity contribution is 6.00. The zero-order valence-corrected chi connectivity index (χ0v) is 24.4. The summed E-state index contributed by atoms with van der Waals surface area (Å²) in [5, 5.41) is 6.68. The van der Waals surface area contributed by atoms with E-state index in [0.717, 1.165) is 4.68 Å². The second-order valence-electron chi connectivity index (χ2n) is 12.1. The number of carbonyl (C=O) groups excluding carboxylic acids is 3. The molecular formula is C30H34F3N5O5. The molecular weight excluding hydrogens is 567 g/mol. The van der Waals surface area contributed by atoms with E-state index in [4.69, 9.17) is 9.47 Å². The number of hydrogen-bond acceptors (Lipinski definition) is 7. The van der Waals surface area contributed by atoms with Gasteiger partial charge in [0.2, 0.25) is 17.7 Å². The zero-order chi connectivity index (χ0) is 31.2. The Hall–Kier alpha value is -4.16. The van der Waals surface area contributed by atoms with Crippen LogP contribution in [0.1, 0.15) is 58.4 Å². The first kappa shape index (κ1) is 30.3. The van der Waals surface area contributed by atoms with E-state index in [1.54, 1.807) is 45.0 Å². The van der Waals surface area contributed by atoms with Crippen molar-refractivity contribution >= 4 is 34.8 Å². The lowest BCUT2D eigenvalue weighted by molar-refractivity contribution is -0.146. The number of nitrogens with zero attached hydrogens (tertiary/aromatic N) is 4. The minimum Gasteiger partial charge on any atom is -0.497 e. The van der Waals surface area contributed by atoms with Gasteiger partial charge in [0.1, 0.15) is 34.9 Å². The van der Waals surface area contributed by atoms with E-state index in [2.05, 4.69) is 15.4 Å². The second kappa shape index (κ2) is 11.2. The Morgan fingerprint density at radius 1 is 1.02 bits per heavy atom. The Labute approximate surface area is 246 Å². The van der Waals surface area contributed by atoms with Gasteiger partial charge in [-0.25, -0.2) is 22.9 Å². The van der Waals surface area contributed by atoms with Crippen molar-refractivity contribution in [1.29, 1.82) is 0 Å². The largest absolute Gasteiger partial charge is 0.497 e. The van der Waals surface area contributed by atoms with Crippen LogP contribution in [0.5, 0.6) is 5.75 Å². The molecule has 1 aromatic carbocycles. The minimum atomic E-state index is -2.91. The van der Waals surface area contributed by atoms with Gasteiger partial charge in [0.05, 0.1) is 30.8 Å². The quantitative estimate of drug-likeness (QED) is 0.425. The lowest BCUT2D eigenvalue weighted by Crippen LogP contribution is -2.54. The number of anilines is 1. The number of pyridine rings is 1. The van der Waals surface area contributed by atoms with Crippen molar-refractivity contribution in [2.75, 3.05) is 19.0 Å². The molecule has 1 saturated heterocycles. The van der Waals surface area contributed by atoms with Gasteiger partial charge in [0.25, 0.3) is 0 Å². The highest BCUT2D eigenvalue weighted by Crippen LogP contribution is 2.47. The van der Waals surface area contributed by atoms with Crippen LogP contribution >= 0.6 is 0 Å². The molecule has 2 aliphatic rings. The van der Waals surface area contributed by atoms with Crippen molar-refractivity contribution in [2.24, 2.45) is 0 Å². The molecule has 0 unspecified atom stereocenters. The molecule has 13 heteroatoms. The van der Waals surface area contributed by atoms with Crippen LogP contribution in [0.3, 0.4) is 0 Å². The number of halogens is 3. The molecule has 1 aliphatic heterocycles. The molecule has 3 aromatic rings. The van der Waals surface area contributed by atoms with E-state index in [1.165, 1.54) is 30.3 Å². The average molecular weight is 602 g/mol. The monoisotopic (exact) mass is 601 g/mol. The second-order valence-corrected chi connectivity index (χ2v) is 12.1. The molecule has 0 spiro atoms. The van der Waals surface area contributed by atoms with Crippen LogP contribution in [-0.4, -0.2) is 75.0 Å². The van der Waals surface area contributed by atoms with Crippen LogP contribution in [0.2, 0.25) is 0 Å². The van der Waals surface area contributed by atoms with Crippen LogP contribution in [0, 0.1) is 0 Å². The molecule has 2 aromatic heterocycles. The maximum absolute atomic E-state index is 14.8. The Morgan fingerprint density at radius 2 is 1.70 bits per heavy atom. The third kappa shape index (κ3) is 6.16. The summed E-state index contributed by atoms with van der Waals surface area (Å²) in [4.78, 5) is 45.6. The van der Waals surface area contributed by atoms with Crippen molar-refractivity contribution in [3.05, 3.63) is 48.2 Å². The Kier molecular flexibility index (Phi) is 7.86. The van der Waals surface area contributed by atoms with Crippen LogP contribution < -0.4 is 10.1 Å². The van der Waals surface area contributed by atoms with Crippen LogP contribution in [0.4, 0.5) is 23.8 Å². The van der Waals surface area contributed by atoms with Crippen molar-refractivity contribution in [2.45, 2.75) is 82.0 Å². The number of alkyl halides is 3. The predicted octanol–water partition coefficient (Wildman–Crippen LogP) is 5.25. The standard InChI is InChI=1S/C30H34F3N5O5/c1-28(2,3)43-27(41)38-22-9-10-24(35-21(22)16-34-38)36-25(39)23-15-19(31)17-37(23)26(40)29(11-13-30(32,33)14-12-29)18-5-7-20(42-4)8-6-18/h5-10,16,19,23H,11-15,17H2,1-4H3,(H,35,36,39)/t19-,23-/m1/s1. The number of benzene rings is 1. The molecule has 230 valence electrons. The molecule has 10 nitrogen and oxygen atoms in total. The molecule has 2 amide bonds. The van der Waals surface area contributed by atoms with Crippen LogP contribution in [-0.2, 0) is 19.7 Å². The number of ether oxygens (including phenoxy) is 2. The first-order valence-electron chi connectivity index (χ1n) is 14.1. The molecule has 1 saturated carbocycles. The van der Waals surface area contributed by atoms with E-state index >= 15 is 0 Å². The smallest absolute Gasteiger partial charge is 0.435 e. The van der Waals surface area contributed by atoms with E-state index in [0.29, 0.717) is 22.3 Å². The van der Waals surface area contributed by atoms with Gasteiger partial charge in [-0.3, -0.25) is 9.59 Å². The van der Waals surface area contributed by atoms with Gasteiger partial charge in [-0.1, -0.05) is 12.1 Å². The van der Waals surface area contributed by atoms with Gasteiger partial charge in [-0.05, 0) is 63.4 Å². The van der Waals surface area contributed by atoms with Gasteiger partial charge in [0, 0.05) is 19.3 Å². The first-order valence-corrected chi connectivity index (χ1v) is 14.1. The number of methoxy groups -OCH3 is 1. The third-order valence-electron chi connectivity index (χ3n) is 7.94. The van der Waals surface area contributed by atoms with Crippen molar-refractivity contribution in [1.82, 2.24) is 19.7 Å². The van der Waals surface area contributed by atoms with E-state index in [1.807, 2.05) is 0 Å². The fourth-order valence-electron chi connectivity index (χ4n) is 5.76. The molecule has 1 aliphatic carbocycles.